The van der Waals surface area contributed by atoms with Gasteiger partial charge in [0.2, 0.25) is 5.91 Å². The van der Waals surface area contributed by atoms with Crippen molar-refractivity contribution in [3.8, 4) is 0 Å². The van der Waals surface area contributed by atoms with Gasteiger partial charge in [-0.2, -0.15) is 0 Å². The minimum absolute atomic E-state index is 0.00393. The monoisotopic (exact) mass is 477 g/mol. The summed E-state index contributed by atoms with van der Waals surface area (Å²) in [6.07, 6.45) is 5.40. The van der Waals surface area contributed by atoms with E-state index in [1.807, 2.05) is 4.90 Å². The minimum atomic E-state index is -0.0820. The van der Waals surface area contributed by atoms with E-state index in [4.69, 9.17) is 21.4 Å². The third kappa shape index (κ3) is 7.69. The van der Waals surface area contributed by atoms with Gasteiger partial charge in [-0.3, -0.25) is 4.79 Å². The smallest absolute Gasteiger partial charge is 0.318 e. The fourth-order valence-corrected chi connectivity index (χ4v) is 6.02. The molecule has 0 aromatic rings. The predicted octanol–water partition coefficient (Wildman–Crippen LogP) is 4.15. The van der Waals surface area contributed by atoms with E-state index >= 15 is 0 Å². The van der Waals surface area contributed by atoms with E-state index in [1.54, 1.807) is 0 Å². The number of nitrogens with one attached hydrogen (secondary N) is 2. The maximum atomic E-state index is 12.9. The highest BCUT2D eigenvalue weighted by molar-refractivity contribution is 8.00. The number of alkyl halides is 1. The second-order valence-corrected chi connectivity index (χ2v) is 10.2. The lowest BCUT2D eigenvalue weighted by Crippen LogP contribution is -2.62. The van der Waals surface area contributed by atoms with Crippen LogP contribution in [0.1, 0.15) is 66.2 Å². The van der Waals surface area contributed by atoms with Crippen LogP contribution in [0.2, 0.25) is 0 Å². The molecule has 0 aromatic carbocycles. The highest BCUT2D eigenvalue weighted by Gasteiger charge is 2.41. The molecule has 3 amide bonds. The Morgan fingerprint density at radius 2 is 2.06 bits per heavy atom. The number of hydrogen-bond acceptors (Lipinski definition) is 5. The number of amides is 3. The largest absolute Gasteiger partial charge is 0.355 e. The Kier molecular flexibility index (Phi) is 11.8. The van der Waals surface area contributed by atoms with Crippen LogP contribution in [0.4, 0.5) is 4.79 Å². The highest BCUT2D eigenvalue weighted by atomic mass is 35.5. The van der Waals surface area contributed by atoms with Gasteiger partial charge in [-0.25, -0.2) is 14.6 Å². The molecule has 9 heteroatoms. The quantitative estimate of drug-likeness (QED) is 0.326. The molecule has 6 unspecified atom stereocenters. The van der Waals surface area contributed by atoms with Crippen LogP contribution in [0.25, 0.3) is 0 Å². The Morgan fingerprint density at radius 1 is 1.29 bits per heavy atom. The van der Waals surface area contributed by atoms with Gasteiger partial charge in [0.15, 0.2) is 0 Å². The topological polar surface area (TPSA) is 79.9 Å². The summed E-state index contributed by atoms with van der Waals surface area (Å²) in [5, 5.41) is 6.16. The SMILES string of the molecule is CCC(Cl)C(CC)CNC(=O)CSC1NC(=O)N(CC2CCCOO2)C(CC)C1CC. The molecule has 2 fully saturated rings. The van der Waals surface area contributed by atoms with Crippen LogP contribution >= 0.6 is 23.4 Å². The zero-order valence-electron chi connectivity index (χ0n) is 19.4. The maximum Gasteiger partial charge on any atom is 0.318 e. The van der Waals surface area contributed by atoms with Gasteiger partial charge in [-0.15, -0.1) is 23.4 Å². The summed E-state index contributed by atoms with van der Waals surface area (Å²) in [5.74, 6) is 0.867. The first kappa shape index (κ1) is 26.6. The molecule has 2 saturated heterocycles. The van der Waals surface area contributed by atoms with Gasteiger partial charge in [-0.1, -0.05) is 34.1 Å². The lowest BCUT2D eigenvalue weighted by Gasteiger charge is -2.46. The van der Waals surface area contributed by atoms with E-state index in [0.717, 1.165) is 38.5 Å². The molecule has 0 bridgehead atoms. The van der Waals surface area contributed by atoms with Crippen LogP contribution < -0.4 is 10.6 Å². The average Bonchev–Trinajstić information content (AvgIpc) is 2.79. The molecular formula is C22H40ClN3O4S. The fourth-order valence-electron chi connectivity index (χ4n) is 4.51. The van der Waals surface area contributed by atoms with Crippen LogP contribution in [-0.2, 0) is 14.6 Å². The lowest BCUT2D eigenvalue weighted by molar-refractivity contribution is -0.345. The molecule has 180 valence electrons. The first-order chi connectivity index (χ1) is 14.9. The van der Waals surface area contributed by atoms with Gasteiger partial charge in [0.25, 0.3) is 0 Å². The number of nitrogens with zero attached hydrogens (tertiary/aromatic N) is 1. The first-order valence-electron chi connectivity index (χ1n) is 11.8. The third-order valence-corrected chi connectivity index (χ3v) is 8.36. The summed E-state index contributed by atoms with van der Waals surface area (Å²) >= 11 is 7.88. The zero-order valence-corrected chi connectivity index (χ0v) is 21.0. The Bertz CT molecular complexity index is 565. The molecule has 31 heavy (non-hydrogen) atoms. The van der Waals surface area contributed by atoms with Crippen LogP contribution in [0.15, 0.2) is 0 Å². The van der Waals surface area contributed by atoms with Gasteiger partial charge in [-0.05, 0) is 38.0 Å². The van der Waals surface area contributed by atoms with E-state index in [-0.39, 0.29) is 46.7 Å². The number of carbonyl (C=O) groups is 2. The van der Waals surface area contributed by atoms with E-state index in [2.05, 4.69) is 38.3 Å². The summed E-state index contributed by atoms with van der Waals surface area (Å²) < 4.78 is 0. The third-order valence-electron chi connectivity index (χ3n) is 6.44. The molecule has 6 atom stereocenters. The van der Waals surface area contributed by atoms with Gasteiger partial charge >= 0.3 is 6.03 Å². The maximum absolute atomic E-state index is 12.9. The molecule has 0 aliphatic carbocycles. The summed E-state index contributed by atoms with van der Waals surface area (Å²) in [7, 11) is 0. The highest BCUT2D eigenvalue weighted by Crippen LogP contribution is 2.33. The van der Waals surface area contributed by atoms with Crippen molar-refractivity contribution < 1.29 is 19.4 Å². The molecule has 0 saturated carbocycles. The second kappa shape index (κ2) is 13.8. The Labute approximate surface area is 196 Å². The Morgan fingerprint density at radius 3 is 2.65 bits per heavy atom. The summed E-state index contributed by atoms with van der Waals surface area (Å²) in [6.45, 7) is 10.2. The van der Waals surface area contributed by atoms with E-state index < -0.39 is 0 Å². The number of halogens is 1. The number of urea groups is 1. The van der Waals surface area contributed by atoms with Crippen molar-refractivity contribution in [2.45, 2.75) is 89.1 Å². The number of rotatable bonds is 12. The summed E-state index contributed by atoms with van der Waals surface area (Å²) in [5.41, 5.74) is 0. The number of carbonyl (C=O) groups excluding carboxylic acids is 2. The average molecular weight is 478 g/mol. The van der Waals surface area contributed by atoms with Crippen molar-refractivity contribution in [1.82, 2.24) is 15.5 Å². The predicted molar refractivity (Wildman–Crippen MR) is 126 cm³/mol. The standard InChI is InChI=1S/C22H40ClN3O4S/c1-5-15(18(23)7-3)12-24-20(27)14-31-21-17(6-2)19(8-4)26(22(28)25-21)13-16-10-9-11-29-30-16/h15-19,21H,5-14H2,1-4H3,(H,24,27)(H,25,28). The minimum Gasteiger partial charge on any atom is -0.355 e. The fraction of sp³-hybridized carbons (Fsp3) is 0.909. The molecule has 2 aliphatic rings. The molecule has 2 heterocycles. The van der Waals surface area contributed by atoms with Gasteiger partial charge in [0, 0.05) is 23.9 Å². The Hall–Kier alpha value is -0.700. The van der Waals surface area contributed by atoms with Crippen LogP contribution in [0, 0.1) is 11.8 Å². The van der Waals surface area contributed by atoms with Crippen LogP contribution in [0.3, 0.4) is 0 Å². The van der Waals surface area contributed by atoms with Crippen molar-refractivity contribution in [2.24, 2.45) is 11.8 Å². The molecule has 7 nitrogen and oxygen atoms in total. The Balaban J connectivity index is 1.89. The van der Waals surface area contributed by atoms with E-state index in [9.17, 15) is 9.59 Å². The van der Waals surface area contributed by atoms with Crippen molar-refractivity contribution in [3.05, 3.63) is 0 Å². The van der Waals surface area contributed by atoms with E-state index in [0.29, 0.717) is 25.4 Å². The van der Waals surface area contributed by atoms with Crippen LogP contribution in [-0.4, -0.2) is 65.2 Å². The van der Waals surface area contributed by atoms with Crippen molar-refractivity contribution >= 4 is 35.3 Å². The van der Waals surface area contributed by atoms with Gasteiger partial charge in [0.1, 0.15) is 6.10 Å². The molecule has 0 aromatic heterocycles. The lowest BCUT2D eigenvalue weighted by atomic mass is 9.91. The van der Waals surface area contributed by atoms with Crippen molar-refractivity contribution in [1.29, 1.82) is 0 Å². The van der Waals surface area contributed by atoms with Crippen molar-refractivity contribution in [2.75, 3.05) is 25.4 Å². The number of thioether (sulfide) groups is 1. The molecule has 2 aliphatic heterocycles. The molecule has 2 rings (SSSR count). The van der Waals surface area contributed by atoms with Crippen molar-refractivity contribution in [3.63, 3.8) is 0 Å². The van der Waals surface area contributed by atoms with Gasteiger partial charge < -0.3 is 15.5 Å². The molecule has 2 N–H and O–H groups in total. The van der Waals surface area contributed by atoms with Gasteiger partial charge in [0.05, 0.1) is 24.3 Å². The zero-order chi connectivity index (χ0) is 22.8. The van der Waals surface area contributed by atoms with Crippen LogP contribution in [0.5, 0.6) is 0 Å². The molecular weight excluding hydrogens is 438 g/mol. The normalized spacial score (nSPS) is 28.7. The first-order valence-corrected chi connectivity index (χ1v) is 13.3. The number of hydrogen-bond donors (Lipinski definition) is 2. The molecule has 0 radical (unpaired) electrons. The summed E-state index contributed by atoms with van der Waals surface area (Å²) in [6, 6.07) is 0.0403. The summed E-state index contributed by atoms with van der Waals surface area (Å²) in [4.78, 5) is 37.8. The van der Waals surface area contributed by atoms with E-state index in [1.165, 1.54) is 11.8 Å². The molecule has 0 spiro atoms. The second-order valence-electron chi connectivity index (χ2n) is 8.46.